The van der Waals surface area contributed by atoms with Crippen LogP contribution in [-0.4, -0.2) is 23.1 Å². The van der Waals surface area contributed by atoms with E-state index in [2.05, 4.69) is 10.6 Å². The molecule has 0 aromatic heterocycles. The molecule has 0 aliphatic carbocycles. The lowest BCUT2D eigenvalue weighted by molar-refractivity contribution is 0.0698. The standard InChI is InChI=1S/C11H13ClN2O3/c1-6(2)13-11(17)14-9-5-7(12)3-4-8(9)10(15)16/h3-6H,1-2H3,(H,15,16)(H2,13,14,17). The molecule has 0 fully saturated rings. The molecule has 0 heterocycles. The number of carboxylic acids is 1. The number of anilines is 1. The zero-order valence-electron chi connectivity index (χ0n) is 9.45. The molecule has 2 amide bonds. The van der Waals surface area contributed by atoms with Crippen molar-refractivity contribution in [2.45, 2.75) is 19.9 Å². The lowest BCUT2D eigenvalue weighted by Gasteiger charge is -2.12. The zero-order valence-corrected chi connectivity index (χ0v) is 10.2. The fourth-order valence-corrected chi connectivity index (χ4v) is 1.40. The van der Waals surface area contributed by atoms with Crippen molar-refractivity contribution >= 4 is 29.3 Å². The van der Waals surface area contributed by atoms with Crippen LogP contribution in [0.25, 0.3) is 0 Å². The number of carboxylic acid groups (broad SMARTS) is 1. The van der Waals surface area contributed by atoms with Crippen LogP contribution in [0.2, 0.25) is 5.02 Å². The smallest absolute Gasteiger partial charge is 0.337 e. The monoisotopic (exact) mass is 256 g/mol. The molecule has 1 rings (SSSR count). The largest absolute Gasteiger partial charge is 0.478 e. The first kappa shape index (κ1) is 13.3. The summed E-state index contributed by atoms with van der Waals surface area (Å²) in [5, 5.41) is 14.3. The topological polar surface area (TPSA) is 78.4 Å². The molecule has 6 heteroatoms. The van der Waals surface area contributed by atoms with Gasteiger partial charge in [-0.1, -0.05) is 11.6 Å². The van der Waals surface area contributed by atoms with E-state index in [-0.39, 0.29) is 17.3 Å². The highest BCUT2D eigenvalue weighted by Crippen LogP contribution is 2.21. The lowest BCUT2D eigenvalue weighted by atomic mass is 10.2. The van der Waals surface area contributed by atoms with E-state index in [4.69, 9.17) is 16.7 Å². The molecule has 0 atom stereocenters. The third-order valence-corrected chi connectivity index (χ3v) is 2.12. The number of urea groups is 1. The molecular formula is C11H13ClN2O3. The lowest BCUT2D eigenvalue weighted by Crippen LogP contribution is -2.34. The third-order valence-electron chi connectivity index (χ3n) is 1.88. The molecule has 0 unspecified atom stereocenters. The second kappa shape index (κ2) is 5.54. The van der Waals surface area contributed by atoms with Crippen molar-refractivity contribution in [3.63, 3.8) is 0 Å². The maximum atomic E-state index is 11.5. The molecule has 1 aromatic rings. The van der Waals surface area contributed by atoms with E-state index in [9.17, 15) is 9.59 Å². The van der Waals surface area contributed by atoms with Gasteiger partial charge in [0, 0.05) is 11.1 Å². The number of rotatable bonds is 3. The van der Waals surface area contributed by atoms with E-state index < -0.39 is 12.0 Å². The predicted molar refractivity (Wildman–Crippen MR) is 65.7 cm³/mol. The molecule has 0 aliphatic heterocycles. The van der Waals surface area contributed by atoms with Crippen LogP contribution in [0.15, 0.2) is 18.2 Å². The zero-order chi connectivity index (χ0) is 13.0. The van der Waals surface area contributed by atoms with Crippen LogP contribution in [0.1, 0.15) is 24.2 Å². The van der Waals surface area contributed by atoms with Crippen LogP contribution in [0.4, 0.5) is 10.5 Å². The highest BCUT2D eigenvalue weighted by molar-refractivity contribution is 6.31. The van der Waals surface area contributed by atoms with E-state index in [1.54, 1.807) is 13.8 Å². The van der Waals surface area contributed by atoms with E-state index in [0.717, 1.165) is 0 Å². The van der Waals surface area contributed by atoms with Crippen molar-refractivity contribution in [3.05, 3.63) is 28.8 Å². The van der Waals surface area contributed by atoms with Gasteiger partial charge in [0.15, 0.2) is 0 Å². The van der Waals surface area contributed by atoms with Crippen molar-refractivity contribution in [1.29, 1.82) is 0 Å². The Hall–Kier alpha value is -1.75. The molecule has 0 radical (unpaired) electrons. The van der Waals surface area contributed by atoms with Gasteiger partial charge in [-0.3, -0.25) is 0 Å². The average Bonchev–Trinajstić information content (AvgIpc) is 2.15. The minimum atomic E-state index is -1.12. The Morgan fingerprint density at radius 3 is 2.53 bits per heavy atom. The number of carbonyl (C=O) groups is 2. The minimum absolute atomic E-state index is 0.00620. The summed E-state index contributed by atoms with van der Waals surface area (Å²) in [6, 6.07) is 3.68. The number of aromatic carboxylic acids is 1. The second-order valence-electron chi connectivity index (χ2n) is 3.75. The number of carbonyl (C=O) groups excluding carboxylic acids is 1. The Morgan fingerprint density at radius 2 is 2.00 bits per heavy atom. The Labute approximate surface area is 104 Å². The van der Waals surface area contributed by atoms with Crippen molar-refractivity contribution < 1.29 is 14.7 Å². The van der Waals surface area contributed by atoms with E-state index >= 15 is 0 Å². The van der Waals surface area contributed by atoms with Crippen LogP contribution in [0, 0.1) is 0 Å². The van der Waals surface area contributed by atoms with Gasteiger partial charge >= 0.3 is 12.0 Å². The summed E-state index contributed by atoms with van der Waals surface area (Å²) in [6.07, 6.45) is 0. The summed E-state index contributed by atoms with van der Waals surface area (Å²) < 4.78 is 0. The molecule has 0 saturated carbocycles. The maximum Gasteiger partial charge on any atom is 0.337 e. The van der Waals surface area contributed by atoms with Gasteiger partial charge in [0.25, 0.3) is 0 Å². The molecule has 17 heavy (non-hydrogen) atoms. The summed E-state index contributed by atoms with van der Waals surface area (Å²) >= 11 is 5.75. The van der Waals surface area contributed by atoms with Gasteiger partial charge in [-0.2, -0.15) is 0 Å². The average molecular weight is 257 g/mol. The quantitative estimate of drug-likeness (QED) is 0.778. The maximum absolute atomic E-state index is 11.5. The van der Waals surface area contributed by atoms with Crippen LogP contribution in [-0.2, 0) is 0 Å². The minimum Gasteiger partial charge on any atom is -0.478 e. The van der Waals surface area contributed by atoms with Crippen LogP contribution in [0.3, 0.4) is 0 Å². The summed E-state index contributed by atoms with van der Waals surface area (Å²) in [6.45, 7) is 3.60. The number of benzene rings is 1. The normalized spacial score (nSPS) is 10.1. The van der Waals surface area contributed by atoms with Crippen molar-refractivity contribution in [1.82, 2.24) is 5.32 Å². The van der Waals surface area contributed by atoms with Gasteiger partial charge in [-0.05, 0) is 32.0 Å². The summed E-state index contributed by atoms with van der Waals surface area (Å²) in [7, 11) is 0. The Balaban J connectivity index is 2.92. The van der Waals surface area contributed by atoms with E-state index in [0.29, 0.717) is 5.02 Å². The fraction of sp³-hybridized carbons (Fsp3) is 0.273. The van der Waals surface area contributed by atoms with Crippen LogP contribution in [0.5, 0.6) is 0 Å². The van der Waals surface area contributed by atoms with Gasteiger partial charge in [-0.25, -0.2) is 9.59 Å². The second-order valence-corrected chi connectivity index (χ2v) is 4.18. The third kappa shape index (κ3) is 3.96. The SMILES string of the molecule is CC(C)NC(=O)Nc1cc(Cl)ccc1C(=O)O. The van der Waals surface area contributed by atoms with Gasteiger partial charge in [0.05, 0.1) is 11.3 Å². The van der Waals surface area contributed by atoms with E-state index in [1.165, 1.54) is 18.2 Å². The Kier molecular flexibility index (Phi) is 4.34. The van der Waals surface area contributed by atoms with Gasteiger partial charge < -0.3 is 15.7 Å². The molecule has 0 saturated heterocycles. The molecule has 92 valence electrons. The van der Waals surface area contributed by atoms with Gasteiger partial charge in [0.2, 0.25) is 0 Å². The fourth-order valence-electron chi connectivity index (χ4n) is 1.23. The van der Waals surface area contributed by atoms with Crippen molar-refractivity contribution in [2.24, 2.45) is 0 Å². The summed E-state index contributed by atoms with van der Waals surface area (Å²) in [5.41, 5.74) is 0.163. The Morgan fingerprint density at radius 1 is 1.35 bits per heavy atom. The molecule has 0 spiro atoms. The van der Waals surface area contributed by atoms with Crippen LogP contribution < -0.4 is 10.6 Å². The van der Waals surface area contributed by atoms with Crippen molar-refractivity contribution in [2.75, 3.05) is 5.32 Å². The Bertz CT molecular complexity index is 446. The number of halogens is 1. The first-order valence-corrected chi connectivity index (χ1v) is 5.38. The summed E-state index contributed by atoms with van der Waals surface area (Å²) in [5.74, 6) is -1.12. The highest BCUT2D eigenvalue weighted by atomic mass is 35.5. The van der Waals surface area contributed by atoms with E-state index in [1.807, 2.05) is 0 Å². The number of hydrogen-bond acceptors (Lipinski definition) is 2. The number of hydrogen-bond donors (Lipinski definition) is 3. The molecule has 0 bridgehead atoms. The molecule has 1 aromatic carbocycles. The van der Waals surface area contributed by atoms with Crippen LogP contribution >= 0.6 is 11.6 Å². The number of amides is 2. The molecule has 3 N–H and O–H groups in total. The molecule has 0 aliphatic rings. The van der Waals surface area contributed by atoms with Crippen molar-refractivity contribution in [3.8, 4) is 0 Å². The van der Waals surface area contributed by atoms with Gasteiger partial charge in [0.1, 0.15) is 0 Å². The van der Waals surface area contributed by atoms with Gasteiger partial charge in [-0.15, -0.1) is 0 Å². The molecule has 5 nitrogen and oxygen atoms in total. The highest BCUT2D eigenvalue weighted by Gasteiger charge is 2.13. The first-order chi connectivity index (χ1) is 7.90. The first-order valence-electron chi connectivity index (χ1n) is 5.00. The predicted octanol–water partition coefficient (Wildman–Crippen LogP) is 2.57. The number of nitrogens with one attached hydrogen (secondary N) is 2. The summed E-state index contributed by atoms with van der Waals surface area (Å²) in [4.78, 5) is 22.4. The molecular weight excluding hydrogens is 244 g/mol.